The molecule has 3 aromatic heterocycles. The standard InChI is InChI=1S/C23H23N3O3/c1-16-3-2-4-17(13-16)20-9-10-26(25-20)23-8-7-22-21(24-23)14-18(29-22)5-6-19-15-27-11-12-28-19/h2-4,7-10,13-14,19H,5-6,11-12,15H2,1H3/t19-/m0/s1. The van der Waals surface area contributed by atoms with Gasteiger partial charge in [-0.25, -0.2) is 9.67 Å². The molecule has 29 heavy (non-hydrogen) atoms. The summed E-state index contributed by atoms with van der Waals surface area (Å²) in [5.41, 5.74) is 4.87. The lowest BCUT2D eigenvalue weighted by Crippen LogP contribution is -2.28. The molecule has 0 N–H and O–H groups in total. The highest BCUT2D eigenvalue weighted by molar-refractivity contribution is 5.74. The molecule has 4 heterocycles. The van der Waals surface area contributed by atoms with Crippen LogP contribution in [0.15, 0.2) is 59.1 Å². The van der Waals surface area contributed by atoms with Gasteiger partial charge in [0, 0.05) is 24.2 Å². The van der Waals surface area contributed by atoms with Gasteiger partial charge in [-0.1, -0.05) is 23.8 Å². The summed E-state index contributed by atoms with van der Waals surface area (Å²) in [5, 5.41) is 4.70. The molecule has 0 spiro atoms. The number of hydrogen-bond donors (Lipinski definition) is 0. The number of furan rings is 1. The van der Waals surface area contributed by atoms with Crippen molar-refractivity contribution in [1.82, 2.24) is 14.8 Å². The van der Waals surface area contributed by atoms with E-state index < -0.39 is 0 Å². The van der Waals surface area contributed by atoms with Crippen LogP contribution < -0.4 is 0 Å². The molecule has 0 unspecified atom stereocenters. The van der Waals surface area contributed by atoms with Crippen molar-refractivity contribution in [2.45, 2.75) is 25.9 Å². The van der Waals surface area contributed by atoms with E-state index in [2.05, 4.69) is 25.1 Å². The zero-order valence-corrected chi connectivity index (χ0v) is 16.4. The SMILES string of the molecule is Cc1cccc(-c2ccn(-c3ccc4oc(CC[C@H]5COCCO5)cc4n3)n2)c1. The van der Waals surface area contributed by atoms with Crippen molar-refractivity contribution in [3.8, 4) is 17.1 Å². The Bertz CT molecular complexity index is 1130. The second-order valence-corrected chi connectivity index (χ2v) is 7.39. The van der Waals surface area contributed by atoms with Crippen LogP contribution in [-0.4, -0.2) is 40.7 Å². The van der Waals surface area contributed by atoms with Crippen LogP contribution in [0.3, 0.4) is 0 Å². The summed E-state index contributed by atoms with van der Waals surface area (Å²) >= 11 is 0. The second kappa shape index (κ2) is 7.81. The first-order valence-corrected chi connectivity index (χ1v) is 9.96. The van der Waals surface area contributed by atoms with Crippen molar-refractivity contribution in [3.05, 3.63) is 66.1 Å². The van der Waals surface area contributed by atoms with Gasteiger partial charge in [0.15, 0.2) is 11.4 Å². The predicted molar refractivity (Wildman–Crippen MR) is 110 cm³/mol. The minimum atomic E-state index is 0.143. The smallest absolute Gasteiger partial charge is 0.154 e. The van der Waals surface area contributed by atoms with Gasteiger partial charge >= 0.3 is 0 Å². The third-order valence-corrected chi connectivity index (χ3v) is 5.15. The topological polar surface area (TPSA) is 62.3 Å². The first-order valence-electron chi connectivity index (χ1n) is 9.96. The molecule has 1 fully saturated rings. The van der Waals surface area contributed by atoms with Gasteiger partial charge in [0.05, 0.1) is 31.6 Å². The van der Waals surface area contributed by atoms with Crippen LogP contribution >= 0.6 is 0 Å². The Morgan fingerprint density at radius 2 is 2.07 bits per heavy atom. The molecule has 0 saturated carbocycles. The molecule has 4 aromatic rings. The number of nitrogens with zero attached hydrogens (tertiary/aromatic N) is 3. The molecule has 6 nitrogen and oxygen atoms in total. The van der Waals surface area contributed by atoms with Crippen LogP contribution in [0, 0.1) is 6.92 Å². The Kier molecular flexibility index (Phi) is 4.87. The van der Waals surface area contributed by atoms with E-state index in [1.165, 1.54) is 5.56 Å². The molecule has 0 aliphatic carbocycles. The number of pyridine rings is 1. The lowest BCUT2D eigenvalue weighted by Gasteiger charge is -2.22. The van der Waals surface area contributed by atoms with Gasteiger partial charge in [-0.15, -0.1) is 0 Å². The van der Waals surface area contributed by atoms with Crippen molar-refractivity contribution < 1.29 is 13.9 Å². The molecule has 148 valence electrons. The molecule has 1 aromatic carbocycles. The molecule has 0 bridgehead atoms. The Balaban J connectivity index is 1.34. The molecule has 0 radical (unpaired) electrons. The monoisotopic (exact) mass is 389 g/mol. The molecule has 6 heteroatoms. The van der Waals surface area contributed by atoms with E-state index in [4.69, 9.17) is 24.0 Å². The van der Waals surface area contributed by atoms with E-state index in [-0.39, 0.29) is 6.10 Å². The number of aromatic nitrogens is 3. The lowest BCUT2D eigenvalue weighted by atomic mass is 10.1. The third kappa shape index (κ3) is 3.95. The number of benzene rings is 1. The maximum atomic E-state index is 5.95. The van der Waals surface area contributed by atoms with E-state index in [1.54, 1.807) is 4.68 Å². The second-order valence-electron chi connectivity index (χ2n) is 7.39. The van der Waals surface area contributed by atoms with Gasteiger partial charge in [-0.05, 0) is 37.6 Å². The van der Waals surface area contributed by atoms with E-state index in [0.29, 0.717) is 19.8 Å². The van der Waals surface area contributed by atoms with Crippen LogP contribution in [0.1, 0.15) is 17.7 Å². The van der Waals surface area contributed by atoms with E-state index in [1.807, 2.05) is 36.5 Å². The van der Waals surface area contributed by atoms with E-state index >= 15 is 0 Å². The van der Waals surface area contributed by atoms with Crippen LogP contribution in [0.25, 0.3) is 28.2 Å². The third-order valence-electron chi connectivity index (χ3n) is 5.15. The summed E-state index contributed by atoms with van der Waals surface area (Å²) in [6.45, 7) is 4.10. The van der Waals surface area contributed by atoms with Crippen molar-refractivity contribution in [2.75, 3.05) is 19.8 Å². The molecule has 5 rings (SSSR count). The van der Waals surface area contributed by atoms with Gasteiger partial charge in [-0.2, -0.15) is 5.10 Å². The first kappa shape index (κ1) is 18.1. The summed E-state index contributed by atoms with van der Waals surface area (Å²) in [6, 6.07) is 16.2. The maximum Gasteiger partial charge on any atom is 0.154 e. The van der Waals surface area contributed by atoms with Crippen LogP contribution in [0.4, 0.5) is 0 Å². The molecular formula is C23H23N3O3. The summed E-state index contributed by atoms with van der Waals surface area (Å²) in [6.07, 6.45) is 3.77. The van der Waals surface area contributed by atoms with Gasteiger partial charge in [0.1, 0.15) is 11.3 Å². The van der Waals surface area contributed by atoms with Gasteiger partial charge in [0.25, 0.3) is 0 Å². The van der Waals surface area contributed by atoms with Crippen LogP contribution in [-0.2, 0) is 15.9 Å². The minimum Gasteiger partial charge on any atom is -0.459 e. The average molecular weight is 389 g/mol. The fourth-order valence-electron chi connectivity index (χ4n) is 3.63. The van der Waals surface area contributed by atoms with Gasteiger partial charge in [0.2, 0.25) is 0 Å². The number of hydrogen-bond acceptors (Lipinski definition) is 5. The quantitative estimate of drug-likeness (QED) is 0.508. The van der Waals surface area contributed by atoms with Crippen molar-refractivity contribution in [3.63, 3.8) is 0 Å². The van der Waals surface area contributed by atoms with Crippen molar-refractivity contribution >= 4 is 11.1 Å². The lowest BCUT2D eigenvalue weighted by molar-refractivity contribution is -0.0906. The Labute approximate surface area is 169 Å². The minimum absolute atomic E-state index is 0.143. The highest BCUT2D eigenvalue weighted by Gasteiger charge is 2.16. The summed E-state index contributed by atoms with van der Waals surface area (Å²) in [5.74, 6) is 1.69. The molecule has 1 aliphatic heterocycles. The number of fused-ring (bicyclic) bond motifs is 1. The summed E-state index contributed by atoms with van der Waals surface area (Å²) in [7, 11) is 0. The zero-order valence-electron chi connectivity index (χ0n) is 16.4. The Morgan fingerprint density at radius 3 is 2.93 bits per heavy atom. The van der Waals surface area contributed by atoms with E-state index in [9.17, 15) is 0 Å². The molecule has 1 aliphatic rings. The van der Waals surface area contributed by atoms with Gasteiger partial charge in [-0.3, -0.25) is 0 Å². The zero-order chi connectivity index (χ0) is 19.6. The first-order chi connectivity index (χ1) is 14.2. The summed E-state index contributed by atoms with van der Waals surface area (Å²) < 4.78 is 18.9. The fourth-order valence-corrected chi connectivity index (χ4v) is 3.63. The maximum absolute atomic E-state index is 5.95. The molecule has 0 amide bonds. The normalized spacial score (nSPS) is 17.1. The molecule has 1 saturated heterocycles. The van der Waals surface area contributed by atoms with E-state index in [0.717, 1.165) is 46.8 Å². The highest BCUT2D eigenvalue weighted by Crippen LogP contribution is 2.23. The predicted octanol–water partition coefficient (Wildman–Crippen LogP) is 4.34. The Hall–Kier alpha value is -2.96. The summed E-state index contributed by atoms with van der Waals surface area (Å²) in [4.78, 5) is 4.74. The fraction of sp³-hybridized carbons (Fsp3) is 0.304. The largest absolute Gasteiger partial charge is 0.459 e. The highest BCUT2D eigenvalue weighted by atomic mass is 16.6. The van der Waals surface area contributed by atoms with Crippen molar-refractivity contribution in [1.29, 1.82) is 0 Å². The van der Waals surface area contributed by atoms with Gasteiger partial charge < -0.3 is 13.9 Å². The van der Waals surface area contributed by atoms with Crippen LogP contribution in [0.2, 0.25) is 0 Å². The number of ether oxygens (including phenoxy) is 2. The average Bonchev–Trinajstić information content (AvgIpc) is 3.39. The Morgan fingerprint density at radius 1 is 1.10 bits per heavy atom. The molecule has 1 atom stereocenters. The number of aryl methyl sites for hydroxylation is 2. The van der Waals surface area contributed by atoms with Crippen LogP contribution in [0.5, 0.6) is 0 Å². The van der Waals surface area contributed by atoms with Crippen molar-refractivity contribution in [2.24, 2.45) is 0 Å². The molecular weight excluding hydrogens is 366 g/mol. The number of rotatable bonds is 5.